The SMILES string of the molecule is COc1ccc(C(=O)C2C3C(=O)N(c4ccc(Cl)cc4Cl)C(=O)C3C3C=Cc4ccccc4N32)cc1Br. The standard InChI is InChI=1S/C28H19BrCl2N2O4/c1-37-22-11-7-15(12-17(22)29)26(34)25-24-23(21-9-6-14-4-2-3-5-19(14)32(21)25)27(35)33(28(24)36)20-10-8-16(30)13-18(20)31/h2-13,21,23-25H,1H3. The van der Waals surface area contributed by atoms with E-state index in [-0.39, 0.29) is 22.4 Å². The summed E-state index contributed by atoms with van der Waals surface area (Å²) < 4.78 is 5.94. The van der Waals surface area contributed by atoms with Crippen LogP contribution in [0.3, 0.4) is 0 Å². The number of amides is 2. The number of methoxy groups -OCH3 is 1. The van der Waals surface area contributed by atoms with E-state index in [9.17, 15) is 14.4 Å². The molecule has 3 aromatic carbocycles. The maximum atomic E-state index is 14.2. The van der Waals surface area contributed by atoms with Crippen LogP contribution >= 0.6 is 39.1 Å². The van der Waals surface area contributed by atoms with Gasteiger partial charge in [-0.25, -0.2) is 4.90 Å². The number of para-hydroxylation sites is 1. The Morgan fingerprint density at radius 3 is 2.43 bits per heavy atom. The third-order valence-corrected chi connectivity index (χ3v) is 8.43. The number of hydrogen-bond acceptors (Lipinski definition) is 5. The first-order valence-corrected chi connectivity index (χ1v) is 13.1. The second-order valence-electron chi connectivity index (χ2n) is 9.13. The molecule has 0 saturated carbocycles. The lowest BCUT2D eigenvalue weighted by Crippen LogP contribution is -2.48. The summed E-state index contributed by atoms with van der Waals surface area (Å²) in [6.07, 6.45) is 3.86. The van der Waals surface area contributed by atoms with E-state index in [1.54, 1.807) is 37.4 Å². The molecule has 0 spiro atoms. The van der Waals surface area contributed by atoms with Crippen molar-refractivity contribution in [1.29, 1.82) is 0 Å². The van der Waals surface area contributed by atoms with Gasteiger partial charge in [0.2, 0.25) is 11.8 Å². The van der Waals surface area contributed by atoms with Gasteiger partial charge in [0.1, 0.15) is 11.8 Å². The third-order valence-electron chi connectivity index (χ3n) is 7.27. The predicted octanol–water partition coefficient (Wildman–Crippen LogP) is 6.04. The monoisotopic (exact) mass is 596 g/mol. The summed E-state index contributed by atoms with van der Waals surface area (Å²) >= 11 is 15.9. The number of carbonyl (C=O) groups excluding carboxylic acids is 3. The third kappa shape index (κ3) is 3.63. The molecule has 9 heteroatoms. The van der Waals surface area contributed by atoms with Gasteiger partial charge in [0, 0.05) is 16.3 Å². The molecule has 0 radical (unpaired) electrons. The smallest absolute Gasteiger partial charge is 0.240 e. The van der Waals surface area contributed by atoms with Crippen molar-refractivity contribution in [2.24, 2.45) is 11.8 Å². The molecule has 4 unspecified atom stereocenters. The number of ketones is 1. The summed E-state index contributed by atoms with van der Waals surface area (Å²) in [4.78, 5) is 45.1. The average Bonchev–Trinajstić information content (AvgIpc) is 3.36. The van der Waals surface area contributed by atoms with Crippen LogP contribution in [-0.4, -0.2) is 36.8 Å². The van der Waals surface area contributed by atoms with E-state index < -0.39 is 29.8 Å². The van der Waals surface area contributed by atoms with Crippen molar-refractivity contribution < 1.29 is 19.1 Å². The number of nitrogens with zero attached hydrogens (tertiary/aromatic N) is 2. The van der Waals surface area contributed by atoms with E-state index >= 15 is 0 Å². The van der Waals surface area contributed by atoms with Crippen molar-refractivity contribution in [2.75, 3.05) is 16.9 Å². The first-order chi connectivity index (χ1) is 17.8. The van der Waals surface area contributed by atoms with E-state index in [0.717, 1.165) is 16.2 Å². The second kappa shape index (κ2) is 9.01. The molecule has 3 aromatic rings. The Hall–Kier alpha value is -3.13. The lowest BCUT2D eigenvalue weighted by atomic mass is 9.86. The molecule has 3 aliphatic heterocycles. The second-order valence-corrected chi connectivity index (χ2v) is 10.8. The van der Waals surface area contributed by atoms with E-state index in [1.807, 2.05) is 41.3 Å². The number of carbonyl (C=O) groups is 3. The molecule has 37 heavy (non-hydrogen) atoms. The molecular weight excluding hydrogens is 579 g/mol. The fraction of sp³-hybridized carbons (Fsp3) is 0.179. The maximum absolute atomic E-state index is 14.2. The minimum absolute atomic E-state index is 0.192. The zero-order valence-electron chi connectivity index (χ0n) is 19.4. The lowest BCUT2D eigenvalue weighted by Gasteiger charge is -2.36. The van der Waals surface area contributed by atoms with Crippen LogP contribution in [0.25, 0.3) is 6.08 Å². The molecule has 6 rings (SSSR count). The van der Waals surface area contributed by atoms with Gasteiger partial charge in [-0.15, -0.1) is 0 Å². The van der Waals surface area contributed by atoms with Gasteiger partial charge in [0.15, 0.2) is 5.78 Å². The van der Waals surface area contributed by atoms with Gasteiger partial charge in [-0.3, -0.25) is 14.4 Å². The quantitative estimate of drug-likeness (QED) is 0.271. The highest BCUT2D eigenvalue weighted by Crippen LogP contribution is 2.50. The summed E-state index contributed by atoms with van der Waals surface area (Å²) in [5.41, 5.74) is 2.41. The number of halogens is 3. The molecule has 6 nitrogen and oxygen atoms in total. The Bertz CT molecular complexity index is 1520. The van der Waals surface area contributed by atoms with E-state index in [0.29, 0.717) is 20.8 Å². The van der Waals surface area contributed by atoms with Crippen LogP contribution in [0.4, 0.5) is 11.4 Å². The van der Waals surface area contributed by atoms with Gasteiger partial charge in [0.05, 0.1) is 40.2 Å². The fourth-order valence-electron chi connectivity index (χ4n) is 5.70. The summed E-state index contributed by atoms with van der Waals surface area (Å²) in [5.74, 6) is -2.15. The highest BCUT2D eigenvalue weighted by molar-refractivity contribution is 9.10. The Morgan fingerprint density at radius 1 is 0.946 bits per heavy atom. The molecule has 3 heterocycles. The van der Waals surface area contributed by atoms with E-state index in [4.69, 9.17) is 27.9 Å². The summed E-state index contributed by atoms with van der Waals surface area (Å²) in [7, 11) is 1.55. The summed E-state index contributed by atoms with van der Waals surface area (Å²) in [6, 6.07) is 16.0. The molecule has 3 aliphatic rings. The van der Waals surface area contributed by atoms with Crippen LogP contribution in [0.5, 0.6) is 5.75 Å². The molecule has 0 aliphatic carbocycles. The molecule has 186 valence electrons. The topological polar surface area (TPSA) is 66.9 Å². The first kappa shape index (κ1) is 24.2. The Balaban J connectivity index is 1.49. The van der Waals surface area contributed by atoms with Gasteiger partial charge >= 0.3 is 0 Å². The van der Waals surface area contributed by atoms with Crippen LogP contribution in [0, 0.1) is 11.8 Å². The minimum atomic E-state index is -0.895. The van der Waals surface area contributed by atoms with Crippen LogP contribution in [0.15, 0.2) is 71.2 Å². The van der Waals surface area contributed by atoms with Gasteiger partial charge in [0.25, 0.3) is 0 Å². The molecule has 0 bridgehead atoms. The van der Waals surface area contributed by atoms with Gasteiger partial charge in [-0.05, 0) is 64.0 Å². The van der Waals surface area contributed by atoms with Crippen molar-refractivity contribution in [2.45, 2.75) is 12.1 Å². The van der Waals surface area contributed by atoms with Crippen LogP contribution in [-0.2, 0) is 9.59 Å². The van der Waals surface area contributed by atoms with Gasteiger partial charge < -0.3 is 9.64 Å². The molecule has 2 saturated heterocycles. The number of fused-ring (bicyclic) bond motifs is 5. The molecule has 2 amide bonds. The number of Topliss-reactive ketones (excluding diaryl/α,β-unsaturated/α-hetero) is 1. The number of benzene rings is 3. The summed E-state index contributed by atoms with van der Waals surface area (Å²) in [6.45, 7) is 0. The van der Waals surface area contributed by atoms with Crippen molar-refractivity contribution in [3.8, 4) is 5.75 Å². The normalized spacial score (nSPS) is 23.7. The minimum Gasteiger partial charge on any atom is -0.496 e. The molecule has 4 atom stereocenters. The lowest BCUT2D eigenvalue weighted by molar-refractivity contribution is -0.122. The molecule has 0 N–H and O–H groups in total. The highest BCUT2D eigenvalue weighted by atomic mass is 79.9. The molecule has 2 fully saturated rings. The summed E-state index contributed by atoms with van der Waals surface area (Å²) in [5, 5.41) is 0.585. The molecular formula is C28H19BrCl2N2O4. The Morgan fingerprint density at radius 2 is 1.70 bits per heavy atom. The number of imide groups is 1. The Labute approximate surface area is 231 Å². The van der Waals surface area contributed by atoms with Crippen molar-refractivity contribution in [3.63, 3.8) is 0 Å². The zero-order valence-corrected chi connectivity index (χ0v) is 22.5. The zero-order chi connectivity index (χ0) is 26.0. The Kier molecular flexibility index (Phi) is 5.90. The van der Waals surface area contributed by atoms with Gasteiger partial charge in [-0.2, -0.15) is 0 Å². The van der Waals surface area contributed by atoms with Crippen molar-refractivity contribution >= 4 is 74.2 Å². The largest absolute Gasteiger partial charge is 0.496 e. The van der Waals surface area contributed by atoms with E-state index in [2.05, 4.69) is 15.9 Å². The van der Waals surface area contributed by atoms with E-state index in [1.165, 1.54) is 6.07 Å². The van der Waals surface area contributed by atoms with Gasteiger partial charge in [-0.1, -0.05) is 53.6 Å². The number of anilines is 2. The molecule has 0 aromatic heterocycles. The fourth-order valence-corrected chi connectivity index (χ4v) is 6.74. The number of hydrogen-bond donors (Lipinski definition) is 0. The highest BCUT2D eigenvalue weighted by Gasteiger charge is 2.64. The van der Waals surface area contributed by atoms with Crippen LogP contribution in [0.1, 0.15) is 15.9 Å². The van der Waals surface area contributed by atoms with Crippen LogP contribution in [0.2, 0.25) is 10.0 Å². The number of ether oxygens (including phenoxy) is 1. The number of rotatable bonds is 4. The predicted molar refractivity (Wildman–Crippen MR) is 146 cm³/mol. The average molecular weight is 598 g/mol. The first-order valence-electron chi connectivity index (χ1n) is 11.6. The maximum Gasteiger partial charge on any atom is 0.240 e. The van der Waals surface area contributed by atoms with Crippen molar-refractivity contribution in [1.82, 2.24) is 0 Å². The van der Waals surface area contributed by atoms with Crippen LogP contribution < -0.4 is 14.5 Å². The van der Waals surface area contributed by atoms with Crippen molar-refractivity contribution in [3.05, 3.63) is 92.4 Å².